The molecule has 0 aliphatic heterocycles. The zero-order valence-corrected chi connectivity index (χ0v) is 11.2. The molecule has 0 bridgehead atoms. The zero-order chi connectivity index (χ0) is 13.9. The normalized spacial score (nSPS) is 10.9. The number of amides is 2. The molecule has 0 atom stereocenters. The lowest BCUT2D eigenvalue weighted by Gasteiger charge is -2.28. The smallest absolute Gasteiger partial charge is 0.254 e. The van der Waals surface area contributed by atoms with Gasteiger partial charge in [0.15, 0.2) is 0 Å². The molecule has 3 N–H and O–H groups in total. The molecule has 98 valence electrons. The molecule has 0 aliphatic rings. The minimum absolute atomic E-state index is 0.176. The van der Waals surface area contributed by atoms with E-state index in [0.717, 1.165) is 0 Å². The van der Waals surface area contributed by atoms with Gasteiger partial charge in [-0.05, 0) is 26.0 Å². The van der Waals surface area contributed by atoms with Crippen molar-refractivity contribution in [3.63, 3.8) is 0 Å². The molecule has 1 aromatic carbocycles. The van der Waals surface area contributed by atoms with Crippen molar-refractivity contribution >= 4 is 17.5 Å². The number of rotatable bonds is 3. The average molecular weight is 249 g/mol. The van der Waals surface area contributed by atoms with E-state index >= 15 is 0 Å². The summed E-state index contributed by atoms with van der Waals surface area (Å²) in [4.78, 5) is 25.4. The van der Waals surface area contributed by atoms with Crippen LogP contribution in [-0.2, 0) is 4.79 Å². The van der Waals surface area contributed by atoms with E-state index in [0.29, 0.717) is 11.3 Å². The van der Waals surface area contributed by atoms with Gasteiger partial charge in [0, 0.05) is 19.8 Å². The van der Waals surface area contributed by atoms with Crippen molar-refractivity contribution in [3.8, 4) is 0 Å². The molecule has 5 heteroatoms. The summed E-state index contributed by atoms with van der Waals surface area (Å²) < 4.78 is 0. The zero-order valence-electron chi connectivity index (χ0n) is 11.2. The van der Waals surface area contributed by atoms with Crippen molar-refractivity contribution in [2.24, 2.45) is 0 Å². The van der Waals surface area contributed by atoms with Crippen molar-refractivity contribution in [1.82, 2.24) is 10.2 Å². The summed E-state index contributed by atoms with van der Waals surface area (Å²) in [6.07, 6.45) is 0. The number of carbonyl (C=O) groups is 2. The molecule has 0 saturated heterocycles. The molecule has 18 heavy (non-hydrogen) atoms. The van der Waals surface area contributed by atoms with Gasteiger partial charge in [-0.15, -0.1) is 0 Å². The van der Waals surface area contributed by atoms with Crippen LogP contribution in [0.15, 0.2) is 24.3 Å². The van der Waals surface area contributed by atoms with Crippen LogP contribution < -0.4 is 11.1 Å². The first-order valence-electron chi connectivity index (χ1n) is 5.64. The Balaban J connectivity index is 2.89. The number of para-hydroxylation sites is 1. The predicted molar refractivity (Wildman–Crippen MR) is 71.1 cm³/mol. The van der Waals surface area contributed by atoms with Crippen LogP contribution in [0, 0.1) is 0 Å². The second-order valence-corrected chi connectivity index (χ2v) is 4.87. The molecule has 0 aromatic heterocycles. The number of benzene rings is 1. The van der Waals surface area contributed by atoms with Crippen molar-refractivity contribution in [1.29, 1.82) is 0 Å². The van der Waals surface area contributed by atoms with Crippen LogP contribution in [0.2, 0.25) is 0 Å². The van der Waals surface area contributed by atoms with Crippen LogP contribution in [0.3, 0.4) is 0 Å². The van der Waals surface area contributed by atoms with Crippen LogP contribution in [0.5, 0.6) is 0 Å². The van der Waals surface area contributed by atoms with Crippen LogP contribution in [0.1, 0.15) is 24.2 Å². The second-order valence-electron chi connectivity index (χ2n) is 4.87. The summed E-state index contributed by atoms with van der Waals surface area (Å²) in [6.45, 7) is 3.32. The minimum atomic E-state index is -0.969. The Morgan fingerprint density at radius 3 is 2.28 bits per heavy atom. The van der Waals surface area contributed by atoms with E-state index in [2.05, 4.69) is 5.32 Å². The Morgan fingerprint density at radius 1 is 1.22 bits per heavy atom. The van der Waals surface area contributed by atoms with Crippen molar-refractivity contribution in [2.75, 3.05) is 19.8 Å². The number of hydrogen-bond donors (Lipinski definition) is 2. The van der Waals surface area contributed by atoms with Gasteiger partial charge in [0.1, 0.15) is 5.54 Å². The van der Waals surface area contributed by atoms with Crippen molar-refractivity contribution < 1.29 is 9.59 Å². The van der Waals surface area contributed by atoms with E-state index in [1.165, 1.54) is 4.90 Å². The number of likely N-dealkylation sites (N-methyl/N-ethyl adjacent to an activating group) is 1. The Kier molecular flexibility index (Phi) is 3.96. The summed E-state index contributed by atoms with van der Waals surface area (Å²) in [6, 6.07) is 6.75. The number of hydrogen-bond acceptors (Lipinski definition) is 3. The van der Waals surface area contributed by atoms with Gasteiger partial charge in [-0.3, -0.25) is 9.59 Å². The van der Waals surface area contributed by atoms with Gasteiger partial charge in [-0.2, -0.15) is 0 Å². The van der Waals surface area contributed by atoms with Crippen LogP contribution >= 0.6 is 0 Å². The van der Waals surface area contributed by atoms with Gasteiger partial charge in [0.25, 0.3) is 5.91 Å². The van der Waals surface area contributed by atoms with E-state index < -0.39 is 5.54 Å². The lowest BCUT2D eigenvalue weighted by Crippen LogP contribution is -2.54. The van der Waals surface area contributed by atoms with Crippen LogP contribution in [0.25, 0.3) is 0 Å². The van der Waals surface area contributed by atoms with Gasteiger partial charge >= 0.3 is 0 Å². The Bertz CT molecular complexity index is 467. The first kappa shape index (κ1) is 14.0. The number of nitrogens with two attached hydrogens (primary N) is 1. The molecular weight excluding hydrogens is 230 g/mol. The fraction of sp³-hybridized carbons (Fsp3) is 0.385. The van der Waals surface area contributed by atoms with Gasteiger partial charge in [-0.1, -0.05) is 12.1 Å². The van der Waals surface area contributed by atoms with Gasteiger partial charge in [-0.25, -0.2) is 0 Å². The van der Waals surface area contributed by atoms with E-state index in [-0.39, 0.29) is 11.8 Å². The fourth-order valence-corrected chi connectivity index (χ4v) is 1.67. The number of nitrogen functional groups attached to an aromatic ring is 1. The Labute approximate surface area is 107 Å². The average Bonchev–Trinajstić information content (AvgIpc) is 2.27. The number of carbonyl (C=O) groups excluding carboxylic acids is 2. The summed E-state index contributed by atoms with van der Waals surface area (Å²) in [5.74, 6) is -0.529. The van der Waals surface area contributed by atoms with Crippen LogP contribution in [-0.4, -0.2) is 36.3 Å². The maximum Gasteiger partial charge on any atom is 0.254 e. The first-order valence-corrected chi connectivity index (χ1v) is 5.64. The number of nitrogens with zero attached hydrogens (tertiary/aromatic N) is 1. The minimum Gasteiger partial charge on any atom is -0.398 e. The maximum absolute atomic E-state index is 12.0. The monoisotopic (exact) mass is 249 g/mol. The highest BCUT2D eigenvalue weighted by Crippen LogP contribution is 2.13. The summed E-state index contributed by atoms with van der Waals surface area (Å²) in [5.41, 5.74) is 5.51. The third kappa shape index (κ3) is 3.00. The van der Waals surface area contributed by atoms with E-state index in [9.17, 15) is 9.59 Å². The molecule has 5 nitrogen and oxygen atoms in total. The molecule has 0 saturated carbocycles. The Hall–Kier alpha value is -2.04. The quantitative estimate of drug-likeness (QED) is 0.780. The summed E-state index contributed by atoms with van der Waals surface area (Å²) >= 11 is 0. The fourth-order valence-electron chi connectivity index (χ4n) is 1.67. The van der Waals surface area contributed by atoms with Crippen LogP contribution in [0.4, 0.5) is 5.69 Å². The standard InChI is InChI=1S/C13H19N3O2/c1-13(2,12(18)16(3)4)15-11(17)9-7-5-6-8-10(9)14/h5-8H,14H2,1-4H3,(H,15,17). The van der Waals surface area contributed by atoms with Gasteiger partial charge in [0.2, 0.25) is 5.91 Å². The third-order valence-electron chi connectivity index (χ3n) is 2.57. The van der Waals surface area contributed by atoms with Gasteiger partial charge < -0.3 is 16.0 Å². The highest BCUT2D eigenvalue weighted by atomic mass is 16.2. The lowest BCUT2D eigenvalue weighted by atomic mass is 10.0. The van der Waals surface area contributed by atoms with Crippen molar-refractivity contribution in [2.45, 2.75) is 19.4 Å². The maximum atomic E-state index is 12.0. The SMILES string of the molecule is CN(C)C(=O)C(C)(C)NC(=O)c1ccccc1N. The molecule has 2 amide bonds. The van der Waals surface area contributed by atoms with E-state index in [4.69, 9.17) is 5.73 Å². The molecule has 0 fully saturated rings. The third-order valence-corrected chi connectivity index (χ3v) is 2.57. The van der Waals surface area contributed by atoms with E-state index in [1.807, 2.05) is 0 Å². The second kappa shape index (κ2) is 5.08. The molecule has 0 heterocycles. The molecular formula is C13H19N3O2. The summed E-state index contributed by atoms with van der Waals surface area (Å²) in [5, 5.41) is 2.68. The van der Waals surface area contributed by atoms with Gasteiger partial charge in [0.05, 0.1) is 5.56 Å². The largest absolute Gasteiger partial charge is 0.398 e. The van der Waals surface area contributed by atoms with Crippen molar-refractivity contribution in [3.05, 3.63) is 29.8 Å². The topological polar surface area (TPSA) is 75.4 Å². The molecule has 0 spiro atoms. The molecule has 0 unspecified atom stereocenters. The highest BCUT2D eigenvalue weighted by Gasteiger charge is 2.31. The molecule has 0 aliphatic carbocycles. The highest BCUT2D eigenvalue weighted by molar-refractivity contribution is 6.02. The Morgan fingerprint density at radius 2 is 1.78 bits per heavy atom. The summed E-state index contributed by atoms with van der Waals surface area (Å²) in [7, 11) is 3.29. The number of nitrogens with one attached hydrogen (secondary N) is 1. The predicted octanol–water partition coefficient (Wildman–Crippen LogP) is 0.865. The first-order chi connectivity index (χ1) is 8.25. The van der Waals surface area contributed by atoms with E-state index in [1.54, 1.807) is 52.2 Å². The molecule has 1 rings (SSSR count). The lowest BCUT2D eigenvalue weighted by molar-refractivity contribution is -0.134. The molecule has 0 radical (unpaired) electrons. The number of anilines is 1. The molecule has 1 aromatic rings.